The Balaban J connectivity index is 1.12. The van der Waals surface area contributed by atoms with E-state index in [2.05, 4.69) is 36.4 Å². The fourth-order valence-electron chi connectivity index (χ4n) is 5.90. The number of benzene rings is 4. The van der Waals surface area contributed by atoms with E-state index >= 15 is 8.78 Å². The Morgan fingerprint density at radius 2 is 0.833 bits per heavy atom. The quantitative estimate of drug-likeness (QED) is 0.174. The average Bonchev–Trinajstić information content (AvgIpc) is 3.83. The fourth-order valence-corrected chi connectivity index (χ4v) is 13.2. The van der Waals surface area contributed by atoms with E-state index in [9.17, 15) is 0 Å². The molecule has 0 fully saturated rings. The van der Waals surface area contributed by atoms with E-state index in [1.165, 1.54) is 61.6 Å². The molecule has 0 aliphatic heterocycles. The van der Waals surface area contributed by atoms with E-state index in [0.717, 1.165) is 39.7 Å². The SMILES string of the molecule is Fc1c(-c2cc3cc4c(cc3s2)sc2c3cc5cc(-c6sc7ccccc7c6F)sc5cc3sc42)sc2ccccc12. The van der Waals surface area contributed by atoms with Gasteiger partial charge < -0.3 is 0 Å². The molecular weight excluding hydrogens is 639 g/mol. The first-order valence-electron chi connectivity index (χ1n) is 13.2. The molecule has 0 N–H and O–H groups in total. The summed E-state index contributed by atoms with van der Waals surface area (Å²) in [5.74, 6) is -0.233. The number of rotatable bonds is 2. The number of hydrogen-bond acceptors (Lipinski definition) is 6. The molecule has 6 heterocycles. The van der Waals surface area contributed by atoms with Crippen LogP contribution in [0.2, 0.25) is 0 Å². The molecule has 0 nitrogen and oxygen atoms in total. The molecule has 0 bridgehead atoms. The van der Waals surface area contributed by atoms with Gasteiger partial charge in [-0.15, -0.1) is 68.0 Å². The van der Waals surface area contributed by atoms with Crippen LogP contribution in [0, 0.1) is 11.6 Å². The molecule has 0 aliphatic carbocycles. The lowest BCUT2D eigenvalue weighted by atomic mass is 10.1. The van der Waals surface area contributed by atoms with Gasteiger partial charge in [0.15, 0.2) is 0 Å². The maximum Gasteiger partial charge on any atom is 0.150 e. The molecule has 42 heavy (non-hydrogen) atoms. The standard InChI is InChI=1S/C34H14F2S6/c35-29-17-5-1-3-7-21(17)39-33(29)27-11-15-9-19-25(13-23(15)37-27)41-32-20-10-16-12-28(38-24(16)14-26(20)42-31(19)32)34-30(36)18-6-2-4-8-22(18)40-34/h1-14H. The van der Waals surface area contributed by atoms with Crippen LogP contribution in [0.4, 0.5) is 8.78 Å². The third-order valence-corrected chi connectivity index (χ3v) is 15.2. The summed E-state index contributed by atoms with van der Waals surface area (Å²) < 4.78 is 40.0. The summed E-state index contributed by atoms with van der Waals surface area (Å²) in [4.78, 5) is 3.42. The van der Waals surface area contributed by atoms with Gasteiger partial charge in [0.2, 0.25) is 0 Å². The molecule has 0 atom stereocenters. The molecule has 10 rings (SSSR count). The summed E-state index contributed by atoms with van der Waals surface area (Å²) in [6, 6.07) is 28.8. The van der Waals surface area contributed by atoms with Crippen molar-refractivity contribution in [1.29, 1.82) is 0 Å². The van der Waals surface area contributed by atoms with Gasteiger partial charge in [0.25, 0.3) is 0 Å². The van der Waals surface area contributed by atoms with E-state index < -0.39 is 0 Å². The number of halogens is 2. The topological polar surface area (TPSA) is 0 Å². The molecule has 0 aliphatic rings. The Morgan fingerprint density at radius 3 is 1.29 bits per heavy atom. The molecular formula is C34H14F2S6. The Hall–Kier alpha value is -3.24. The van der Waals surface area contributed by atoms with Crippen LogP contribution >= 0.6 is 68.0 Å². The van der Waals surface area contributed by atoms with E-state index in [-0.39, 0.29) is 11.6 Å². The first-order chi connectivity index (χ1) is 20.6. The van der Waals surface area contributed by atoms with E-state index in [4.69, 9.17) is 0 Å². The monoisotopic (exact) mass is 652 g/mol. The molecule has 200 valence electrons. The minimum absolute atomic E-state index is 0.117. The lowest BCUT2D eigenvalue weighted by Crippen LogP contribution is -1.71. The van der Waals surface area contributed by atoms with E-state index in [0.29, 0.717) is 10.8 Å². The van der Waals surface area contributed by atoms with Gasteiger partial charge in [-0.3, -0.25) is 0 Å². The molecule has 0 radical (unpaired) electrons. The average molecular weight is 653 g/mol. The molecule has 0 saturated carbocycles. The second-order valence-electron chi connectivity index (χ2n) is 10.3. The third-order valence-electron chi connectivity index (χ3n) is 7.87. The van der Waals surface area contributed by atoms with Gasteiger partial charge in [0.05, 0.1) is 19.2 Å². The zero-order chi connectivity index (χ0) is 27.7. The summed E-state index contributed by atoms with van der Waals surface area (Å²) in [6.07, 6.45) is 0. The van der Waals surface area contributed by atoms with Gasteiger partial charge in [-0.05, 0) is 59.3 Å². The molecule has 0 unspecified atom stereocenters. The predicted octanol–water partition coefficient (Wildman–Crippen LogP) is 13.7. The maximum absolute atomic E-state index is 15.3. The molecule has 6 aromatic heterocycles. The summed E-state index contributed by atoms with van der Waals surface area (Å²) in [7, 11) is 0. The maximum atomic E-state index is 15.3. The largest absolute Gasteiger partial charge is 0.205 e. The van der Waals surface area contributed by atoms with Crippen LogP contribution in [-0.4, -0.2) is 0 Å². The Labute approximate surface area is 260 Å². The first-order valence-corrected chi connectivity index (χ1v) is 18.1. The smallest absolute Gasteiger partial charge is 0.150 e. The van der Waals surface area contributed by atoms with Crippen LogP contribution in [-0.2, 0) is 0 Å². The number of fused-ring (bicyclic) bond motifs is 9. The third kappa shape index (κ3) is 3.33. The van der Waals surface area contributed by atoms with Crippen molar-refractivity contribution in [1.82, 2.24) is 0 Å². The summed E-state index contributed by atoms with van der Waals surface area (Å²) in [5, 5.41) is 6.25. The lowest BCUT2D eigenvalue weighted by molar-refractivity contribution is 0.647. The van der Waals surface area contributed by atoms with Crippen LogP contribution in [0.1, 0.15) is 0 Å². The van der Waals surface area contributed by atoms with Crippen LogP contribution in [0.25, 0.3) is 89.4 Å². The normalized spacial score (nSPS) is 12.5. The summed E-state index contributed by atoms with van der Waals surface area (Å²) >= 11 is 10.1. The number of thiophene rings is 6. The second kappa shape index (κ2) is 8.66. The van der Waals surface area contributed by atoms with Crippen molar-refractivity contribution >= 4 is 138 Å². The zero-order valence-corrected chi connectivity index (χ0v) is 26.2. The van der Waals surface area contributed by atoms with Gasteiger partial charge >= 0.3 is 0 Å². The first kappa shape index (κ1) is 24.2. The van der Waals surface area contributed by atoms with Crippen LogP contribution in [0.5, 0.6) is 0 Å². The van der Waals surface area contributed by atoms with Crippen molar-refractivity contribution in [3.8, 4) is 19.5 Å². The van der Waals surface area contributed by atoms with Crippen LogP contribution in [0.3, 0.4) is 0 Å². The van der Waals surface area contributed by atoms with Gasteiger partial charge in [0, 0.05) is 59.5 Å². The van der Waals surface area contributed by atoms with Crippen LogP contribution < -0.4 is 0 Å². The van der Waals surface area contributed by atoms with Crippen LogP contribution in [0.15, 0.2) is 84.9 Å². The van der Waals surface area contributed by atoms with Crippen molar-refractivity contribution in [3.05, 3.63) is 96.6 Å². The zero-order valence-electron chi connectivity index (χ0n) is 21.3. The highest BCUT2D eigenvalue weighted by Gasteiger charge is 2.20. The lowest BCUT2D eigenvalue weighted by Gasteiger charge is -1.93. The van der Waals surface area contributed by atoms with Gasteiger partial charge in [-0.2, -0.15) is 0 Å². The van der Waals surface area contributed by atoms with Gasteiger partial charge in [0.1, 0.15) is 11.6 Å². The minimum atomic E-state index is -0.117. The van der Waals surface area contributed by atoms with E-state index in [1.807, 2.05) is 71.2 Å². The predicted molar refractivity (Wildman–Crippen MR) is 187 cm³/mol. The fraction of sp³-hybridized carbons (Fsp3) is 0. The Bertz CT molecular complexity index is 2530. The van der Waals surface area contributed by atoms with Crippen molar-refractivity contribution in [2.75, 3.05) is 0 Å². The number of hydrogen-bond donors (Lipinski definition) is 0. The van der Waals surface area contributed by atoms with E-state index in [1.54, 1.807) is 22.7 Å². The molecule has 4 aromatic carbocycles. The highest BCUT2D eigenvalue weighted by Crippen LogP contribution is 2.50. The summed E-state index contributed by atoms with van der Waals surface area (Å²) in [5.41, 5.74) is 0. The molecule has 0 saturated heterocycles. The second-order valence-corrected chi connectivity index (χ2v) is 16.7. The molecule has 0 spiro atoms. The van der Waals surface area contributed by atoms with Crippen molar-refractivity contribution in [2.24, 2.45) is 0 Å². The van der Waals surface area contributed by atoms with Gasteiger partial charge in [-0.25, -0.2) is 8.78 Å². The highest BCUT2D eigenvalue weighted by atomic mass is 32.1. The van der Waals surface area contributed by atoms with Crippen molar-refractivity contribution in [2.45, 2.75) is 0 Å². The molecule has 10 aromatic rings. The van der Waals surface area contributed by atoms with Crippen molar-refractivity contribution in [3.63, 3.8) is 0 Å². The Morgan fingerprint density at radius 1 is 0.381 bits per heavy atom. The molecule has 0 amide bonds. The molecule has 8 heteroatoms. The minimum Gasteiger partial charge on any atom is -0.205 e. The highest BCUT2D eigenvalue weighted by molar-refractivity contribution is 7.37. The van der Waals surface area contributed by atoms with Crippen molar-refractivity contribution < 1.29 is 8.78 Å². The summed E-state index contributed by atoms with van der Waals surface area (Å²) in [6.45, 7) is 0. The Kier molecular flexibility index (Phi) is 5.00. The van der Waals surface area contributed by atoms with Gasteiger partial charge in [-0.1, -0.05) is 36.4 Å².